The predicted octanol–water partition coefficient (Wildman–Crippen LogP) is 3.10. The number of hydrogen-bond acceptors (Lipinski definition) is 1. The predicted molar refractivity (Wildman–Crippen MR) is 53.8 cm³/mol. The van der Waals surface area contributed by atoms with E-state index in [1.54, 1.807) is 0 Å². The first-order chi connectivity index (χ1) is 5.86. The molecule has 0 aliphatic carbocycles. The van der Waals surface area contributed by atoms with Crippen molar-refractivity contribution in [2.45, 2.75) is 24.3 Å². The van der Waals surface area contributed by atoms with Crippen molar-refractivity contribution in [1.82, 2.24) is 0 Å². The van der Waals surface area contributed by atoms with Crippen molar-refractivity contribution in [1.29, 1.82) is 0 Å². The Labute approximate surface area is 79.4 Å². The van der Waals surface area contributed by atoms with Gasteiger partial charge in [-0.2, -0.15) is 0 Å². The standard InChI is InChI=1S/C10H15AsO/c1-3-11(4-2)12-10-8-6-5-7-9-10/h5-9H,3-4H2,1-2H3. The van der Waals surface area contributed by atoms with Gasteiger partial charge in [-0.15, -0.1) is 0 Å². The first-order valence-electron chi connectivity index (χ1n) is 4.34. The van der Waals surface area contributed by atoms with E-state index in [0.717, 1.165) is 5.75 Å². The number of hydrogen-bond donors (Lipinski definition) is 0. The Kier molecular flexibility index (Phi) is 4.24. The van der Waals surface area contributed by atoms with E-state index in [1.807, 2.05) is 30.3 Å². The third-order valence-electron chi connectivity index (χ3n) is 1.68. The summed E-state index contributed by atoms with van der Waals surface area (Å²) in [5.74, 6) is 1.04. The Morgan fingerprint density at radius 1 is 1.08 bits per heavy atom. The van der Waals surface area contributed by atoms with E-state index in [4.69, 9.17) is 3.73 Å². The van der Waals surface area contributed by atoms with Crippen LogP contribution in [0.1, 0.15) is 13.8 Å². The molecule has 0 fully saturated rings. The average molecular weight is 226 g/mol. The Bertz CT molecular complexity index is 206. The Balaban J connectivity index is 2.51. The zero-order chi connectivity index (χ0) is 8.81. The summed E-state index contributed by atoms with van der Waals surface area (Å²) >= 11 is -0.983. The van der Waals surface area contributed by atoms with Crippen LogP contribution in [-0.4, -0.2) is 15.0 Å². The molecule has 0 saturated carbocycles. The second-order valence-electron chi connectivity index (χ2n) is 2.52. The molecule has 12 heavy (non-hydrogen) atoms. The molecule has 0 aliphatic rings. The average Bonchev–Trinajstić information content (AvgIpc) is 2.16. The summed E-state index contributed by atoms with van der Waals surface area (Å²) in [6, 6.07) is 10.1. The molecule has 0 atom stereocenters. The molecule has 0 radical (unpaired) electrons. The van der Waals surface area contributed by atoms with Gasteiger partial charge in [0.1, 0.15) is 0 Å². The first kappa shape index (κ1) is 9.66. The minimum absolute atomic E-state index is 0.983. The van der Waals surface area contributed by atoms with Crippen molar-refractivity contribution in [2.75, 3.05) is 0 Å². The molecule has 66 valence electrons. The molecule has 1 aromatic rings. The van der Waals surface area contributed by atoms with Gasteiger partial charge >= 0.3 is 79.1 Å². The van der Waals surface area contributed by atoms with Gasteiger partial charge in [0, 0.05) is 0 Å². The van der Waals surface area contributed by atoms with Gasteiger partial charge in [0.2, 0.25) is 0 Å². The Morgan fingerprint density at radius 3 is 2.17 bits per heavy atom. The van der Waals surface area contributed by atoms with Gasteiger partial charge in [0.15, 0.2) is 0 Å². The van der Waals surface area contributed by atoms with E-state index in [2.05, 4.69) is 13.8 Å². The van der Waals surface area contributed by atoms with Gasteiger partial charge in [0.05, 0.1) is 0 Å². The van der Waals surface area contributed by atoms with Gasteiger partial charge < -0.3 is 0 Å². The van der Waals surface area contributed by atoms with Gasteiger partial charge in [-0.05, 0) is 0 Å². The van der Waals surface area contributed by atoms with Crippen LogP contribution in [0.5, 0.6) is 5.75 Å². The van der Waals surface area contributed by atoms with Crippen LogP contribution in [0.2, 0.25) is 10.4 Å². The van der Waals surface area contributed by atoms with Crippen LogP contribution >= 0.6 is 0 Å². The van der Waals surface area contributed by atoms with Crippen LogP contribution in [0.4, 0.5) is 0 Å². The first-order valence-corrected chi connectivity index (χ1v) is 7.76. The molecule has 0 saturated heterocycles. The van der Waals surface area contributed by atoms with Crippen molar-refractivity contribution >= 4 is 15.0 Å². The second-order valence-corrected chi connectivity index (χ2v) is 7.58. The van der Waals surface area contributed by atoms with Crippen molar-refractivity contribution in [3.05, 3.63) is 30.3 Å². The molecule has 1 nitrogen and oxygen atoms in total. The SMILES string of the molecule is CC[As](CC)Oc1ccccc1. The summed E-state index contributed by atoms with van der Waals surface area (Å²) in [5.41, 5.74) is 0. The van der Waals surface area contributed by atoms with Crippen LogP contribution in [-0.2, 0) is 0 Å². The molecular formula is C10H15AsO. The van der Waals surface area contributed by atoms with Gasteiger partial charge in [-0.1, -0.05) is 0 Å². The zero-order valence-electron chi connectivity index (χ0n) is 7.66. The van der Waals surface area contributed by atoms with E-state index in [-0.39, 0.29) is 0 Å². The number of benzene rings is 1. The molecule has 0 spiro atoms. The van der Waals surface area contributed by atoms with Gasteiger partial charge in [-0.3, -0.25) is 0 Å². The number of para-hydroxylation sites is 1. The maximum absolute atomic E-state index is 5.86. The molecule has 0 heterocycles. The summed E-state index contributed by atoms with van der Waals surface area (Å²) < 4.78 is 5.86. The molecule has 0 aliphatic heterocycles. The maximum atomic E-state index is 5.86. The van der Waals surface area contributed by atoms with Crippen molar-refractivity contribution in [3.63, 3.8) is 0 Å². The second kappa shape index (κ2) is 5.26. The minimum atomic E-state index is -0.983. The number of rotatable bonds is 4. The summed E-state index contributed by atoms with van der Waals surface area (Å²) in [5, 5.41) is 2.44. The summed E-state index contributed by atoms with van der Waals surface area (Å²) in [4.78, 5) is 0. The van der Waals surface area contributed by atoms with Crippen LogP contribution in [0, 0.1) is 0 Å². The molecular weight excluding hydrogens is 211 g/mol. The Hall–Kier alpha value is -0.422. The van der Waals surface area contributed by atoms with E-state index < -0.39 is 15.0 Å². The molecule has 0 amide bonds. The van der Waals surface area contributed by atoms with Crippen LogP contribution < -0.4 is 3.73 Å². The normalized spacial score (nSPS) is 10.2. The molecule has 0 N–H and O–H groups in total. The van der Waals surface area contributed by atoms with Crippen LogP contribution in [0.15, 0.2) is 30.3 Å². The van der Waals surface area contributed by atoms with Crippen LogP contribution in [0.3, 0.4) is 0 Å². The molecule has 1 aromatic carbocycles. The van der Waals surface area contributed by atoms with E-state index in [1.165, 1.54) is 10.4 Å². The molecule has 0 aromatic heterocycles. The fourth-order valence-corrected chi connectivity index (χ4v) is 3.34. The quantitative estimate of drug-likeness (QED) is 0.717. The van der Waals surface area contributed by atoms with Crippen LogP contribution in [0.25, 0.3) is 0 Å². The van der Waals surface area contributed by atoms with E-state index in [0.29, 0.717) is 0 Å². The molecule has 0 unspecified atom stereocenters. The van der Waals surface area contributed by atoms with Crippen molar-refractivity contribution < 1.29 is 3.73 Å². The summed E-state index contributed by atoms with van der Waals surface area (Å²) in [6.07, 6.45) is 0. The third kappa shape index (κ3) is 2.90. The monoisotopic (exact) mass is 226 g/mol. The molecule has 0 bridgehead atoms. The van der Waals surface area contributed by atoms with E-state index in [9.17, 15) is 0 Å². The summed E-state index contributed by atoms with van der Waals surface area (Å²) in [7, 11) is 0. The molecule has 2 heteroatoms. The van der Waals surface area contributed by atoms with Gasteiger partial charge in [-0.25, -0.2) is 0 Å². The fourth-order valence-electron chi connectivity index (χ4n) is 0.983. The topological polar surface area (TPSA) is 9.23 Å². The van der Waals surface area contributed by atoms with E-state index >= 15 is 0 Å². The zero-order valence-corrected chi connectivity index (χ0v) is 9.53. The summed E-state index contributed by atoms with van der Waals surface area (Å²) in [6.45, 7) is 4.43. The van der Waals surface area contributed by atoms with Crippen molar-refractivity contribution in [3.8, 4) is 5.75 Å². The van der Waals surface area contributed by atoms with Gasteiger partial charge in [0.25, 0.3) is 0 Å². The van der Waals surface area contributed by atoms with Crippen molar-refractivity contribution in [2.24, 2.45) is 0 Å². The molecule has 1 rings (SSSR count). The Morgan fingerprint density at radius 2 is 1.67 bits per heavy atom. The fraction of sp³-hybridized carbons (Fsp3) is 0.400. The third-order valence-corrected chi connectivity index (χ3v) is 5.63.